The molecule has 128 valence electrons. The number of hydrogen-bond acceptors (Lipinski definition) is 3. The quantitative estimate of drug-likeness (QED) is 0.853. The normalized spacial score (nSPS) is 16.2. The number of carbonyl (C=O) groups is 1. The predicted octanol–water partition coefficient (Wildman–Crippen LogP) is 3.42. The Balaban J connectivity index is 1.51. The third-order valence-electron chi connectivity index (χ3n) is 4.53. The van der Waals surface area contributed by atoms with Gasteiger partial charge in [-0.05, 0) is 51.4 Å². The number of hydrogen-bond donors (Lipinski definition) is 2. The summed E-state index contributed by atoms with van der Waals surface area (Å²) < 4.78 is 13.3. The number of aromatic nitrogens is 2. The molecule has 1 amide bonds. The van der Waals surface area contributed by atoms with Gasteiger partial charge in [0.25, 0.3) is 0 Å². The molecule has 3 rings (SSSR count). The van der Waals surface area contributed by atoms with Gasteiger partial charge < -0.3 is 10.2 Å². The van der Waals surface area contributed by atoms with Crippen molar-refractivity contribution in [1.29, 1.82) is 0 Å². The van der Waals surface area contributed by atoms with Crippen molar-refractivity contribution in [2.24, 2.45) is 0 Å². The molecule has 6 heteroatoms. The lowest BCUT2D eigenvalue weighted by atomic mass is 10.1. The van der Waals surface area contributed by atoms with E-state index in [0.717, 1.165) is 19.5 Å². The largest absolute Gasteiger partial charge is 0.311 e. The number of rotatable bonds is 6. The molecule has 2 aromatic rings. The summed E-state index contributed by atoms with van der Waals surface area (Å²) >= 11 is 0. The van der Waals surface area contributed by atoms with Crippen LogP contribution in [-0.2, 0) is 4.79 Å². The van der Waals surface area contributed by atoms with Crippen molar-refractivity contribution in [3.63, 3.8) is 0 Å². The molecule has 0 spiro atoms. The Kier molecular flexibility index (Phi) is 5.25. The van der Waals surface area contributed by atoms with Crippen LogP contribution in [0.1, 0.15) is 32.6 Å². The summed E-state index contributed by atoms with van der Waals surface area (Å²) in [7, 11) is 0. The molecular formula is C18H23FN4O. The van der Waals surface area contributed by atoms with Crippen LogP contribution < -0.4 is 5.32 Å². The number of amides is 1. The second kappa shape index (κ2) is 7.57. The molecule has 0 radical (unpaired) electrons. The minimum Gasteiger partial charge on any atom is -0.311 e. The lowest BCUT2D eigenvalue weighted by Crippen LogP contribution is -2.31. The molecular weight excluding hydrogens is 307 g/mol. The number of aromatic amines is 1. The average Bonchev–Trinajstić information content (AvgIpc) is 3.24. The maximum Gasteiger partial charge on any atom is 0.225 e. The molecule has 1 saturated heterocycles. The number of benzene rings is 1. The fourth-order valence-corrected chi connectivity index (χ4v) is 3.10. The van der Waals surface area contributed by atoms with E-state index in [1.54, 1.807) is 18.2 Å². The van der Waals surface area contributed by atoms with Gasteiger partial charge in [-0.3, -0.25) is 9.89 Å². The zero-order valence-corrected chi connectivity index (χ0v) is 13.9. The molecule has 1 aromatic heterocycles. The number of anilines is 1. The van der Waals surface area contributed by atoms with E-state index in [9.17, 15) is 9.18 Å². The number of nitrogens with zero attached hydrogens (tertiary/aromatic N) is 2. The average molecular weight is 330 g/mol. The highest BCUT2D eigenvalue weighted by Gasteiger charge is 2.18. The number of halogens is 1. The molecule has 5 nitrogen and oxygen atoms in total. The number of nitrogens with one attached hydrogen (secondary N) is 2. The third-order valence-corrected chi connectivity index (χ3v) is 4.53. The first-order valence-corrected chi connectivity index (χ1v) is 8.47. The molecule has 1 aliphatic heterocycles. The van der Waals surface area contributed by atoms with E-state index in [1.807, 2.05) is 0 Å². The Labute approximate surface area is 141 Å². The zero-order valence-electron chi connectivity index (χ0n) is 13.9. The molecule has 0 aliphatic carbocycles. The maximum atomic E-state index is 13.3. The summed E-state index contributed by atoms with van der Waals surface area (Å²) in [5.41, 5.74) is 1.28. The van der Waals surface area contributed by atoms with Crippen LogP contribution in [0.3, 0.4) is 0 Å². The smallest absolute Gasteiger partial charge is 0.225 e. The van der Waals surface area contributed by atoms with Crippen molar-refractivity contribution < 1.29 is 9.18 Å². The van der Waals surface area contributed by atoms with E-state index >= 15 is 0 Å². The van der Waals surface area contributed by atoms with Crippen LogP contribution in [0.2, 0.25) is 0 Å². The van der Waals surface area contributed by atoms with Gasteiger partial charge in [-0.15, -0.1) is 0 Å². The van der Waals surface area contributed by atoms with Crippen molar-refractivity contribution in [3.05, 3.63) is 36.1 Å². The molecule has 1 fully saturated rings. The van der Waals surface area contributed by atoms with E-state index in [-0.39, 0.29) is 11.7 Å². The Morgan fingerprint density at radius 1 is 1.38 bits per heavy atom. The summed E-state index contributed by atoms with van der Waals surface area (Å²) in [5.74, 6) is 0.195. The van der Waals surface area contributed by atoms with Crippen molar-refractivity contribution >= 4 is 11.7 Å². The number of likely N-dealkylation sites (tertiary alicyclic amines) is 1. The van der Waals surface area contributed by atoms with Gasteiger partial charge in [-0.25, -0.2) is 4.39 Å². The van der Waals surface area contributed by atoms with Gasteiger partial charge in [0.15, 0.2) is 0 Å². The first kappa shape index (κ1) is 16.6. The maximum absolute atomic E-state index is 13.3. The highest BCUT2D eigenvalue weighted by atomic mass is 19.1. The molecule has 1 aliphatic rings. The number of carbonyl (C=O) groups excluding carboxylic acids is 1. The Morgan fingerprint density at radius 3 is 2.92 bits per heavy atom. The van der Waals surface area contributed by atoms with E-state index in [2.05, 4.69) is 27.3 Å². The molecule has 24 heavy (non-hydrogen) atoms. The summed E-state index contributed by atoms with van der Waals surface area (Å²) in [4.78, 5) is 14.5. The van der Waals surface area contributed by atoms with Crippen LogP contribution in [-0.4, -0.2) is 40.1 Å². The lowest BCUT2D eigenvalue weighted by Gasteiger charge is -2.23. The molecule has 2 N–H and O–H groups in total. The van der Waals surface area contributed by atoms with Gasteiger partial charge in [0.1, 0.15) is 11.6 Å². The molecule has 2 heterocycles. The minimum atomic E-state index is -0.308. The van der Waals surface area contributed by atoms with Crippen molar-refractivity contribution in [1.82, 2.24) is 15.1 Å². The molecule has 1 aromatic carbocycles. The summed E-state index contributed by atoms with van der Waals surface area (Å²) in [6, 6.07) is 8.37. The van der Waals surface area contributed by atoms with Gasteiger partial charge in [0, 0.05) is 24.1 Å². The standard InChI is InChI=1S/C18H23FN4O/c1-13(23-9-2-3-10-23)7-8-18(24)20-17-12-16(21-22-17)14-5-4-6-15(19)11-14/h4-6,11-13H,2-3,7-10H2,1H3,(H2,20,21,22,24). The van der Waals surface area contributed by atoms with E-state index in [4.69, 9.17) is 0 Å². The Bertz CT molecular complexity index is 694. The van der Waals surface area contributed by atoms with Gasteiger partial charge >= 0.3 is 0 Å². The third kappa shape index (κ3) is 4.20. The number of H-pyrrole nitrogens is 1. The summed E-state index contributed by atoms with van der Waals surface area (Å²) in [5, 5.41) is 9.73. The van der Waals surface area contributed by atoms with Crippen LogP contribution in [0, 0.1) is 5.82 Å². The SMILES string of the molecule is CC(CCC(=O)Nc1cc(-c2cccc(F)c2)n[nH]1)N1CCCC1. The molecule has 0 bridgehead atoms. The first-order chi connectivity index (χ1) is 11.6. The van der Waals surface area contributed by atoms with E-state index in [0.29, 0.717) is 29.5 Å². The van der Waals surface area contributed by atoms with Crippen LogP contribution in [0.15, 0.2) is 30.3 Å². The molecule has 1 unspecified atom stereocenters. The first-order valence-electron chi connectivity index (χ1n) is 8.47. The second-order valence-corrected chi connectivity index (χ2v) is 6.36. The Hall–Kier alpha value is -2.21. The Morgan fingerprint density at radius 2 is 2.17 bits per heavy atom. The van der Waals surface area contributed by atoms with Gasteiger partial charge in [0.2, 0.25) is 5.91 Å². The fourth-order valence-electron chi connectivity index (χ4n) is 3.10. The van der Waals surface area contributed by atoms with Crippen LogP contribution in [0.5, 0.6) is 0 Å². The van der Waals surface area contributed by atoms with E-state index < -0.39 is 0 Å². The van der Waals surface area contributed by atoms with Crippen LogP contribution in [0.25, 0.3) is 11.3 Å². The summed E-state index contributed by atoms with van der Waals surface area (Å²) in [6.45, 7) is 4.46. The van der Waals surface area contributed by atoms with Gasteiger partial charge in [0.05, 0.1) is 5.69 Å². The van der Waals surface area contributed by atoms with Crippen LogP contribution in [0.4, 0.5) is 10.2 Å². The van der Waals surface area contributed by atoms with Crippen molar-refractivity contribution in [2.75, 3.05) is 18.4 Å². The van der Waals surface area contributed by atoms with Gasteiger partial charge in [-0.2, -0.15) is 5.10 Å². The minimum absolute atomic E-state index is 0.0320. The van der Waals surface area contributed by atoms with Crippen molar-refractivity contribution in [3.8, 4) is 11.3 Å². The zero-order chi connectivity index (χ0) is 16.9. The van der Waals surface area contributed by atoms with E-state index in [1.165, 1.54) is 25.0 Å². The predicted molar refractivity (Wildman–Crippen MR) is 92.1 cm³/mol. The monoisotopic (exact) mass is 330 g/mol. The highest BCUT2D eigenvalue weighted by molar-refractivity contribution is 5.90. The van der Waals surface area contributed by atoms with Crippen molar-refractivity contribution in [2.45, 2.75) is 38.6 Å². The topological polar surface area (TPSA) is 61.0 Å². The highest BCUT2D eigenvalue weighted by Crippen LogP contribution is 2.21. The molecule has 1 atom stereocenters. The molecule has 0 saturated carbocycles. The van der Waals surface area contributed by atoms with Crippen LogP contribution >= 0.6 is 0 Å². The lowest BCUT2D eigenvalue weighted by molar-refractivity contribution is -0.116. The van der Waals surface area contributed by atoms with Gasteiger partial charge in [-0.1, -0.05) is 12.1 Å². The fraction of sp³-hybridized carbons (Fsp3) is 0.444. The summed E-state index contributed by atoms with van der Waals surface area (Å²) in [6.07, 6.45) is 3.84. The second-order valence-electron chi connectivity index (χ2n) is 6.36.